The van der Waals surface area contributed by atoms with E-state index in [4.69, 9.17) is 11.6 Å². The molecule has 3 aromatic carbocycles. The number of hydrogen-bond acceptors (Lipinski definition) is 3. The van der Waals surface area contributed by atoms with Gasteiger partial charge in [-0.15, -0.1) is 0 Å². The minimum absolute atomic E-state index is 0.344. The lowest BCUT2D eigenvalue weighted by atomic mass is 10.1. The molecule has 0 amide bonds. The van der Waals surface area contributed by atoms with Crippen molar-refractivity contribution < 1.29 is 4.79 Å². The van der Waals surface area contributed by atoms with Crippen LogP contribution in [0.5, 0.6) is 0 Å². The summed E-state index contributed by atoms with van der Waals surface area (Å²) in [6.07, 6.45) is 0.756. The van der Waals surface area contributed by atoms with Crippen molar-refractivity contribution in [2.24, 2.45) is 4.99 Å². The zero-order chi connectivity index (χ0) is 16.8. The van der Waals surface area contributed by atoms with Gasteiger partial charge in [0.1, 0.15) is 5.71 Å². The van der Waals surface area contributed by atoms with Crippen LogP contribution in [0.25, 0.3) is 0 Å². The molecule has 118 valence electrons. The van der Waals surface area contributed by atoms with Crippen LogP contribution >= 0.6 is 11.6 Å². The van der Waals surface area contributed by atoms with E-state index in [1.54, 1.807) is 18.2 Å². The van der Waals surface area contributed by atoms with E-state index in [9.17, 15) is 4.79 Å². The Morgan fingerprint density at radius 3 is 2.42 bits per heavy atom. The van der Waals surface area contributed by atoms with Crippen molar-refractivity contribution in [1.29, 1.82) is 0 Å². The van der Waals surface area contributed by atoms with Gasteiger partial charge in [0.2, 0.25) is 0 Å². The number of carbonyl (C=O) groups is 1. The summed E-state index contributed by atoms with van der Waals surface area (Å²) in [5, 5.41) is 3.90. The van der Waals surface area contributed by atoms with E-state index in [0.29, 0.717) is 16.4 Å². The molecule has 0 heterocycles. The second-order valence-electron chi connectivity index (χ2n) is 5.13. The first-order chi connectivity index (χ1) is 11.8. The van der Waals surface area contributed by atoms with E-state index < -0.39 is 0 Å². The molecule has 3 aromatic rings. The van der Waals surface area contributed by atoms with Crippen molar-refractivity contribution in [3.63, 3.8) is 0 Å². The first kappa shape index (κ1) is 16.0. The van der Waals surface area contributed by atoms with Gasteiger partial charge in [-0.05, 0) is 36.4 Å². The van der Waals surface area contributed by atoms with Crippen LogP contribution in [0.15, 0.2) is 83.9 Å². The Hall–Kier alpha value is -2.91. The van der Waals surface area contributed by atoms with Gasteiger partial charge in [-0.25, -0.2) is 4.99 Å². The van der Waals surface area contributed by atoms with Crippen LogP contribution in [0.2, 0.25) is 5.02 Å². The van der Waals surface area contributed by atoms with Crippen LogP contribution < -0.4 is 5.32 Å². The fourth-order valence-electron chi connectivity index (χ4n) is 2.33. The van der Waals surface area contributed by atoms with Crippen LogP contribution in [0.4, 0.5) is 17.1 Å². The third-order valence-corrected chi connectivity index (χ3v) is 3.66. The summed E-state index contributed by atoms with van der Waals surface area (Å²) in [7, 11) is 0. The molecule has 3 rings (SSSR count). The predicted molar refractivity (Wildman–Crippen MR) is 99.9 cm³/mol. The molecule has 0 aromatic heterocycles. The Labute approximate surface area is 145 Å². The van der Waals surface area contributed by atoms with Crippen molar-refractivity contribution >= 4 is 40.7 Å². The zero-order valence-corrected chi connectivity index (χ0v) is 13.6. The molecule has 24 heavy (non-hydrogen) atoms. The SMILES string of the molecule is O=CC(=Nc1cccc(Cl)c1)c1ccccc1Nc1ccccc1. The molecule has 0 saturated carbocycles. The number of aliphatic imine (C=N–C) groups is 1. The fraction of sp³-hybridized carbons (Fsp3) is 0. The molecule has 0 aliphatic heterocycles. The van der Waals surface area contributed by atoms with Crippen LogP contribution in [-0.4, -0.2) is 12.0 Å². The van der Waals surface area contributed by atoms with E-state index >= 15 is 0 Å². The van der Waals surface area contributed by atoms with Crippen LogP contribution in [0.1, 0.15) is 5.56 Å². The van der Waals surface area contributed by atoms with Crippen LogP contribution in [0, 0.1) is 0 Å². The van der Waals surface area contributed by atoms with E-state index in [-0.39, 0.29) is 0 Å². The highest BCUT2D eigenvalue weighted by atomic mass is 35.5. The second kappa shape index (κ2) is 7.57. The largest absolute Gasteiger partial charge is 0.355 e. The monoisotopic (exact) mass is 334 g/mol. The summed E-state index contributed by atoms with van der Waals surface area (Å²) < 4.78 is 0. The molecule has 0 atom stereocenters. The highest BCUT2D eigenvalue weighted by Gasteiger charge is 2.09. The molecule has 0 unspecified atom stereocenters. The maximum Gasteiger partial charge on any atom is 0.169 e. The third-order valence-electron chi connectivity index (χ3n) is 3.43. The van der Waals surface area contributed by atoms with Gasteiger partial charge in [0.15, 0.2) is 6.29 Å². The lowest BCUT2D eigenvalue weighted by molar-refractivity contribution is -0.102. The molecule has 0 aliphatic rings. The normalized spacial score (nSPS) is 11.1. The number of aldehydes is 1. The quantitative estimate of drug-likeness (QED) is 0.501. The zero-order valence-electron chi connectivity index (χ0n) is 12.8. The number of para-hydroxylation sites is 2. The van der Waals surface area contributed by atoms with E-state index in [1.807, 2.05) is 60.7 Å². The Morgan fingerprint density at radius 2 is 1.67 bits per heavy atom. The molecule has 0 radical (unpaired) electrons. The summed E-state index contributed by atoms with van der Waals surface area (Å²) in [6, 6.07) is 24.5. The maximum atomic E-state index is 11.6. The van der Waals surface area contributed by atoms with E-state index in [1.165, 1.54) is 0 Å². The minimum Gasteiger partial charge on any atom is -0.355 e. The molecular formula is C20H15ClN2O. The lowest BCUT2D eigenvalue weighted by Crippen LogP contribution is -2.06. The average molecular weight is 335 g/mol. The smallest absolute Gasteiger partial charge is 0.169 e. The maximum absolute atomic E-state index is 11.6. The average Bonchev–Trinajstić information content (AvgIpc) is 2.61. The van der Waals surface area contributed by atoms with Crippen LogP contribution in [0.3, 0.4) is 0 Å². The van der Waals surface area contributed by atoms with Gasteiger partial charge in [0.05, 0.1) is 5.69 Å². The Bertz CT molecular complexity index is 876. The molecule has 0 saturated heterocycles. The topological polar surface area (TPSA) is 41.5 Å². The van der Waals surface area contributed by atoms with Gasteiger partial charge >= 0.3 is 0 Å². The number of carbonyl (C=O) groups excluding carboxylic acids is 1. The first-order valence-electron chi connectivity index (χ1n) is 7.47. The molecular weight excluding hydrogens is 320 g/mol. The van der Waals surface area contributed by atoms with Gasteiger partial charge in [0, 0.05) is 22.0 Å². The predicted octanol–water partition coefficient (Wildman–Crippen LogP) is 5.40. The summed E-state index contributed by atoms with van der Waals surface area (Å²) in [5.41, 5.74) is 3.47. The van der Waals surface area contributed by atoms with Gasteiger partial charge in [-0.1, -0.05) is 54.1 Å². The Morgan fingerprint density at radius 1 is 0.917 bits per heavy atom. The first-order valence-corrected chi connectivity index (χ1v) is 7.85. The third kappa shape index (κ3) is 3.89. The van der Waals surface area contributed by atoms with Gasteiger partial charge in [0.25, 0.3) is 0 Å². The summed E-state index contributed by atoms with van der Waals surface area (Å²) in [4.78, 5) is 16.0. The highest BCUT2D eigenvalue weighted by molar-refractivity contribution is 6.38. The van der Waals surface area contributed by atoms with Crippen molar-refractivity contribution in [3.8, 4) is 0 Å². The number of anilines is 2. The molecule has 0 bridgehead atoms. The highest BCUT2D eigenvalue weighted by Crippen LogP contribution is 2.24. The molecule has 1 N–H and O–H groups in total. The molecule has 3 nitrogen and oxygen atoms in total. The van der Waals surface area contributed by atoms with Gasteiger partial charge in [-0.2, -0.15) is 0 Å². The van der Waals surface area contributed by atoms with E-state index in [0.717, 1.165) is 23.2 Å². The van der Waals surface area contributed by atoms with Crippen LogP contribution in [-0.2, 0) is 4.79 Å². The number of rotatable bonds is 5. The minimum atomic E-state index is 0.344. The van der Waals surface area contributed by atoms with Gasteiger partial charge in [-0.3, -0.25) is 4.79 Å². The number of hydrogen-bond donors (Lipinski definition) is 1. The second-order valence-corrected chi connectivity index (χ2v) is 5.57. The van der Waals surface area contributed by atoms with E-state index in [2.05, 4.69) is 10.3 Å². The number of halogens is 1. The Balaban J connectivity index is 1.99. The van der Waals surface area contributed by atoms with Crippen molar-refractivity contribution in [2.45, 2.75) is 0 Å². The summed E-state index contributed by atoms with van der Waals surface area (Å²) in [5.74, 6) is 0. The standard InChI is InChI=1S/C20H15ClN2O/c21-15-7-6-10-17(13-15)23-20(14-24)18-11-4-5-12-19(18)22-16-8-2-1-3-9-16/h1-14,22H. The Kier molecular flexibility index (Phi) is 5.04. The number of nitrogens with one attached hydrogen (secondary N) is 1. The van der Waals surface area contributed by atoms with Crippen molar-refractivity contribution in [3.05, 3.63) is 89.4 Å². The number of benzene rings is 3. The van der Waals surface area contributed by atoms with Crippen molar-refractivity contribution in [1.82, 2.24) is 0 Å². The lowest BCUT2D eigenvalue weighted by Gasteiger charge is -2.11. The summed E-state index contributed by atoms with van der Waals surface area (Å²) >= 11 is 5.99. The number of nitrogens with zero attached hydrogens (tertiary/aromatic N) is 1. The fourth-order valence-corrected chi connectivity index (χ4v) is 2.51. The van der Waals surface area contributed by atoms with Gasteiger partial charge < -0.3 is 5.32 Å². The summed E-state index contributed by atoms with van der Waals surface area (Å²) in [6.45, 7) is 0. The molecule has 0 aliphatic carbocycles. The molecule has 4 heteroatoms. The molecule has 0 fully saturated rings. The van der Waals surface area contributed by atoms with Crippen molar-refractivity contribution in [2.75, 3.05) is 5.32 Å². The molecule has 0 spiro atoms.